The first-order valence-corrected chi connectivity index (χ1v) is 7.58. The van der Waals surface area contributed by atoms with Crippen LogP contribution in [0.2, 0.25) is 0 Å². The van der Waals surface area contributed by atoms with E-state index in [9.17, 15) is 0 Å². The third-order valence-corrected chi connectivity index (χ3v) is 3.89. The molecule has 1 aromatic heterocycles. The van der Waals surface area contributed by atoms with Crippen molar-refractivity contribution in [2.45, 2.75) is 65.2 Å². The molecule has 1 N–H and O–H groups in total. The van der Waals surface area contributed by atoms with Gasteiger partial charge in [-0.3, -0.25) is 4.90 Å². The Bertz CT molecular complexity index is 376. The van der Waals surface area contributed by atoms with Crippen LogP contribution >= 0.6 is 0 Å². The summed E-state index contributed by atoms with van der Waals surface area (Å²) in [4.78, 5) is 6.96. The lowest BCUT2D eigenvalue weighted by Gasteiger charge is -2.38. The van der Waals surface area contributed by atoms with Crippen molar-refractivity contribution >= 4 is 0 Å². The van der Waals surface area contributed by atoms with Crippen molar-refractivity contribution in [2.75, 3.05) is 13.1 Å². The van der Waals surface area contributed by atoms with E-state index in [0.29, 0.717) is 12.1 Å². The Balaban J connectivity index is 1.97. The van der Waals surface area contributed by atoms with E-state index >= 15 is 0 Å². The Kier molecular flexibility index (Phi) is 5.34. The second-order valence-electron chi connectivity index (χ2n) is 5.57. The third-order valence-electron chi connectivity index (χ3n) is 3.89. The molecular weight excluding hydrogens is 238 g/mol. The SMILES string of the molecule is CCCC1CN(Cc2ncnn2CCC)C(C)CN1. The van der Waals surface area contributed by atoms with Crippen molar-refractivity contribution in [1.29, 1.82) is 0 Å². The van der Waals surface area contributed by atoms with Crippen LogP contribution in [0, 0.1) is 0 Å². The highest BCUT2D eigenvalue weighted by Crippen LogP contribution is 2.13. The van der Waals surface area contributed by atoms with Gasteiger partial charge in [0, 0.05) is 31.7 Å². The molecule has 0 radical (unpaired) electrons. The quantitative estimate of drug-likeness (QED) is 0.849. The van der Waals surface area contributed by atoms with Crippen LogP contribution in [0.5, 0.6) is 0 Å². The Labute approximate surface area is 116 Å². The molecule has 1 fully saturated rings. The van der Waals surface area contributed by atoms with Gasteiger partial charge in [-0.15, -0.1) is 0 Å². The molecule has 5 nitrogen and oxygen atoms in total. The topological polar surface area (TPSA) is 46.0 Å². The van der Waals surface area contributed by atoms with Gasteiger partial charge >= 0.3 is 0 Å². The lowest BCUT2D eigenvalue weighted by Crippen LogP contribution is -2.55. The van der Waals surface area contributed by atoms with Crippen molar-refractivity contribution in [1.82, 2.24) is 25.0 Å². The van der Waals surface area contributed by atoms with Gasteiger partial charge < -0.3 is 5.32 Å². The predicted molar refractivity (Wildman–Crippen MR) is 76.9 cm³/mol. The third kappa shape index (κ3) is 3.76. The summed E-state index contributed by atoms with van der Waals surface area (Å²) >= 11 is 0. The largest absolute Gasteiger partial charge is 0.311 e. The molecule has 1 saturated heterocycles. The number of aromatic nitrogens is 3. The van der Waals surface area contributed by atoms with E-state index in [1.807, 2.05) is 4.68 Å². The summed E-state index contributed by atoms with van der Waals surface area (Å²) in [6, 6.07) is 1.20. The van der Waals surface area contributed by atoms with Crippen molar-refractivity contribution < 1.29 is 0 Å². The van der Waals surface area contributed by atoms with Gasteiger partial charge in [-0.2, -0.15) is 5.10 Å². The molecule has 19 heavy (non-hydrogen) atoms. The molecule has 1 aliphatic rings. The number of nitrogens with one attached hydrogen (secondary N) is 1. The summed E-state index contributed by atoms with van der Waals surface area (Å²) in [5.41, 5.74) is 0. The first-order chi connectivity index (χ1) is 9.24. The lowest BCUT2D eigenvalue weighted by atomic mass is 10.1. The zero-order valence-electron chi connectivity index (χ0n) is 12.5. The normalized spacial score (nSPS) is 24.8. The van der Waals surface area contributed by atoms with Gasteiger partial charge in [0.05, 0.1) is 6.54 Å². The molecule has 0 aliphatic carbocycles. The fraction of sp³-hybridized carbons (Fsp3) is 0.857. The molecule has 0 spiro atoms. The molecule has 0 aromatic carbocycles. The van der Waals surface area contributed by atoms with Crippen LogP contribution in [0.3, 0.4) is 0 Å². The maximum atomic E-state index is 4.42. The molecule has 2 atom stereocenters. The summed E-state index contributed by atoms with van der Waals surface area (Å²) in [5.74, 6) is 1.10. The molecule has 1 aliphatic heterocycles. The van der Waals surface area contributed by atoms with Crippen molar-refractivity contribution in [2.24, 2.45) is 0 Å². The number of hydrogen-bond donors (Lipinski definition) is 1. The summed E-state index contributed by atoms with van der Waals surface area (Å²) in [5, 5.41) is 7.95. The lowest BCUT2D eigenvalue weighted by molar-refractivity contribution is 0.124. The van der Waals surface area contributed by atoms with Crippen molar-refractivity contribution in [3.8, 4) is 0 Å². The minimum absolute atomic E-state index is 0.569. The van der Waals surface area contributed by atoms with Gasteiger partial charge in [0.15, 0.2) is 0 Å². The van der Waals surface area contributed by atoms with E-state index in [1.54, 1.807) is 6.33 Å². The van der Waals surface area contributed by atoms with Gasteiger partial charge in [0.1, 0.15) is 12.2 Å². The van der Waals surface area contributed by atoms with E-state index < -0.39 is 0 Å². The first-order valence-electron chi connectivity index (χ1n) is 7.58. The minimum atomic E-state index is 0.569. The molecule has 2 unspecified atom stereocenters. The van der Waals surface area contributed by atoms with Crippen LogP contribution in [0.15, 0.2) is 6.33 Å². The molecule has 5 heteroatoms. The van der Waals surface area contributed by atoms with Crippen LogP contribution in [0.25, 0.3) is 0 Å². The van der Waals surface area contributed by atoms with E-state index in [-0.39, 0.29) is 0 Å². The zero-order valence-corrected chi connectivity index (χ0v) is 12.5. The van der Waals surface area contributed by atoms with E-state index in [2.05, 4.69) is 41.1 Å². The number of aryl methyl sites for hydroxylation is 1. The van der Waals surface area contributed by atoms with Crippen LogP contribution in [0.4, 0.5) is 0 Å². The van der Waals surface area contributed by atoms with Crippen LogP contribution in [-0.2, 0) is 13.1 Å². The van der Waals surface area contributed by atoms with Gasteiger partial charge in [-0.25, -0.2) is 9.67 Å². The maximum absolute atomic E-state index is 4.42. The average molecular weight is 265 g/mol. The molecule has 0 saturated carbocycles. The molecule has 1 aromatic rings. The van der Waals surface area contributed by atoms with Gasteiger partial charge in [0.25, 0.3) is 0 Å². The summed E-state index contributed by atoms with van der Waals surface area (Å²) in [6.45, 7) is 10.8. The Morgan fingerprint density at radius 3 is 2.95 bits per heavy atom. The van der Waals surface area contributed by atoms with Crippen LogP contribution < -0.4 is 5.32 Å². The molecular formula is C14H27N5. The Morgan fingerprint density at radius 2 is 2.21 bits per heavy atom. The first kappa shape index (κ1) is 14.5. The number of nitrogens with zero attached hydrogens (tertiary/aromatic N) is 4. The Morgan fingerprint density at radius 1 is 1.37 bits per heavy atom. The van der Waals surface area contributed by atoms with E-state index in [4.69, 9.17) is 0 Å². The smallest absolute Gasteiger partial charge is 0.141 e. The van der Waals surface area contributed by atoms with Crippen LogP contribution in [-0.4, -0.2) is 44.8 Å². The average Bonchev–Trinajstić information content (AvgIpc) is 2.82. The molecule has 108 valence electrons. The fourth-order valence-corrected chi connectivity index (χ4v) is 2.75. The number of rotatable bonds is 6. The Hall–Kier alpha value is -0.940. The van der Waals surface area contributed by atoms with E-state index in [1.165, 1.54) is 12.8 Å². The summed E-state index contributed by atoms with van der Waals surface area (Å²) in [6.07, 6.45) is 5.28. The molecule has 0 bridgehead atoms. The van der Waals surface area contributed by atoms with Gasteiger partial charge in [-0.1, -0.05) is 20.3 Å². The fourth-order valence-electron chi connectivity index (χ4n) is 2.75. The summed E-state index contributed by atoms with van der Waals surface area (Å²) in [7, 11) is 0. The standard InChI is InChI=1S/C14H27N5/c1-4-6-13-9-18(12(3)8-15-13)10-14-16-11-17-19(14)7-5-2/h11-13,15H,4-10H2,1-3H3. The minimum Gasteiger partial charge on any atom is -0.311 e. The zero-order chi connectivity index (χ0) is 13.7. The molecule has 0 amide bonds. The highest BCUT2D eigenvalue weighted by Gasteiger charge is 2.25. The van der Waals surface area contributed by atoms with E-state index in [0.717, 1.165) is 38.4 Å². The van der Waals surface area contributed by atoms with Crippen molar-refractivity contribution in [3.63, 3.8) is 0 Å². The van der Waals surface area contributed by atoms with Crippen LogP contribution in [0.1, 0.15) is 45.9 Å². The second kappa shape index (κ2) is 7.01. The molecule has 2 rings (SSSR count). The van der Waals surface area contributed by atoms with Crippen molar-refractivity contribution in [3.05, 3.63) is 12.2 Å². The highest BCUT2D eigenvalue weighted by atomic mass is 15.4. The summed E-state index contributed by atoms with van der Waals surface area (Å²) < 4.78 is 2.05. The number of piperazine rings is 1. The van der Waals surface area contributed by atoms with Gasteiger partial charge in [0.2, 0.25) is 0 Å². The van der Waals surface area contributed by atoms with Gasteiger partial charge in [-0.05, 0) is 19.8 Å². The number of hydrogen-bond acceptors (Lipinski definition) is 4. The predicted octanol–water partition coefficient (Wildman–Crippen LogP) is 1.65. The second-order valence-corrected chi connectivity index (χ2v) is 5.57. The highest BCUT2D eigenvalue weighted by molar-refractivity contribution is 4.90. The maximum Gasteiger partial charge on any atom is 0.141 e. The molecule has 2 heterocycles. The monoisotopic (exact) mass is 265 g/mol.